The minimum absolute atomic E-state index is 0.195. The summed E-state index contributed by atoms with van der Waals surface area (Å²) in [5, 5.41) is 29.8. The number of benzene rings is 2. The Morgan fingerprint density at radius 3 is 2.61 bits per heavy atom. The first-order valence-electron chi connectivity index (χ1n) is 9.24. The molecule has 1 fully saturated rings. The van der Waals surface area contributed by atoms with E-state index in [2.05, 4.69) is 4.99 Å². The molecule has 0 amide bonds. The van der Waals surface area contributed by atoms with E-state index in [1.54, 1.807) is 19.3 Å². The molecule has 6 heteroatoms. The van der Waals surface area contributed by atoms with Crippen molar-refractivity contribution >= 4 is 11.9 Å². The summed E-state index contributed by atoms with van der Waals surface area (Å²) in [5.41, 5.74) is 10.3. The lowest BCUT2D eigenvalue weighted by Crippen LogP contribution is -2.44. The van der Waals surface area contributed by atoms with Crippen LogP contribution in [0.1, 0.15) is 23.7 Å². The van der Waals surface area contributed by atoms with Crippen LogP contribution in [0.2, 0.25) is 0 Å². The third-order valence-electron chi connectivity index (χ3n) is 4.92. The van der Waals surface area contributed by atoms with Gasteiger partial charge in [0, 0.05) is 25.4 Å². The van der Waals surface area contributed by atoms with Crippen LogP contribution in [0.25, 0.3) is 16.8 Å². The van der Waals surface area contributed by atoms with Gasteiger partial charge in [-0.05, 0) is 34.4 Å². The van der Waals surface area contributed by atoms with E-state index in [0.29, 0.717) is 5.70 Å². The van der Waals surface area contributed by atoms with E-state index in [4.69, 9.17) is 10.5 Å². The molecule has 0 bridgehead atoms. The van der Waals surface area contributed by atoms with Crippen molar-refractivity contribution in [2.24, 2.45) is 10.7 Å². The van der Waals surface area contributed by atoms with Crippen LogP contribution in [0.5, 0.6) is 0 Å². The quantitative estimate of drug-likeness (QED) is 0.591. The largest absolute Gasteiger partial charge is 0.398 e. The summed E-state index contributed by atoms with van der Waals surface area (Å²) in [6.07, 6.45) is 0.467. The highest BCUT2D eigenvalue weighted by Gasteiger charge is 2.37. The molecule has 5 N–H and O–H groups in total. The molecule has 3 rings (SSSR count). The molecule has 1 aliphatic rings. The molecule has 1 aliphatic heterocycles. The number of ether oxygens (including phenoxy) is 1. The molecule has 4 atom stereocenters. The fourth-order valence-electron chi connectivity index (χ4n) is 3.35. The second kappa shape index (κ2) is 9.12. The topological polar surface area (TPSA) is 108 Å². The number of hydrogen-bond acceptors (Lipinski definition) is 6. The molecule has 0 spiro atoms. The van der Waals surface area contributed by atoms with Gasteiger partial charge in [0.1, 0.15) is 12.2 Å². The highest BCUT2D eigenvalue weighted by molar-refractivity contribution is 5.83. The predicted octanol–water partition coefficient (Wildman–Crippen LogP) is 1.90. The van der Waals surface area contributed by atoms with Gasteiger partial charge in [-0.2, -0.15) is 0 Å². The number of hydrogen-bond donors (Lipinski definition) is 4. The maximum absolute atomic E-state index is 10.3. The van der Waals surface area contributed by atoms with Crippen molar-refractivity contribution in [1.29, 1.82) is 0 Å². The van der Waals surface area contributed by atoms with E-state index in [1.807, 2.05) is 48.5 Å². The summed E-state index contributed by atoms with van der Waals surface area (Å²) in [6.45, 7) is -0.195. The third-order valence-corrected chi connectivity index (χ3v) is 4.92. The number of nitrogens with two attached hydrogens (primary N) is 1. The second-order valence-electron chi connectivity index (χ2n) is 6.89. The molecular formula is C22H26N2O4. The van der Waals surface area contributed by atoms with Crippen LogP contribution in [-0.2, 0) is 4.74 Å². The normalized spacial score (nSPS) is 25.9. The lowest BCUT2D eigenvalue weighted by atomic mass is 9.91. The molecule has 3 unspecified atom stereocenters. The van der Waals surface area contributed by atoms with Crippen molar-refractivity contribution in [2.75, 3.05) is 13.7 Å². The van der Waals surface area contributed by atoms with Crippen LogP contribution in [0.15, 0.2) is 59.6 Å². The van der Waals surface area contributed by atoms with Gasteiger partial charge in [0.05, 0.1) is 18.8 Å². The molecule has 28 heavy (non-hydrogen) atoms. The van der Waals surface area contributed by atoms with E-state index in [-0.39, 0.29) is 13.0 Å². The molecular weight excluding hydrogens is 356 g/mol. The monoisotopic (exact) mass is 382 g/mol. The number of nitrogens with zero attached hydrogens (tertiary/aromatic N) is 1. The lowest BCUT2D eigenvalue weighted by Gasteiger charge is -2.37. The summed E-state index contributed by atoms with van der Waals surface area (Å²) in [7, 11) is 1.69. The summed E-state index contributed by atoms with van der Waals surface area (Å²) in [5.74, 6) is 0. The highest BCUT2D eigenvalue weighted by Crippen LogP contribution is 2.34. The first-order valence-corrected chi connectivity index (χ1v) is 9.24. The van der Waals surface area contributed by atoms with Crippen molar-refractivity contribution in [3.63, 3.8) is 0 Å². The van der Waals surface area contributed by atoms with Gasteiger partial charge in [-0.15, -0.1) is 0 Å². The Balaban J connectivity index is 1.85. The van der Waals surface area contributed by atoms with Gasteiger partial charge in [0.25, 0.3) is 0 Å². The van der Waals surface area contributed by atoms with Crippen molar-refractivity contribution in [3.05, 3.63) is 65.7 Å². The molecule has 6 nitrogen and oxygen atoms in total. The smallest absolute Gasteiger partial charge is 0.111 e. The van der Waals surface area contributed by atoms with Gasteiger partial charge < -0.3 is 25.8 Å². The fraction of sp³-hybridized carbons (Fsp3) is 0.318. The Kier molecular flexibility index (Phi) is 6.59. The Morgan fingerprint density at radius 1 is 1.18 bits per heavy atom. The predicted molar refractivity (Wildman–Crippen MR) is 110 cm³/mol. The zero-order valence-electron chi connectivity index (χ0n) is 15.8. The van der Waals surface area contributed by atoms with Gasteiger partial charge in [-0.25, -0.2) is 0 Å². The minimum Gasteiger partial charge on any atom is -0.398 e. The Labute approximate surface area is 164 Å². The van der Waals surface area contributed by atoms with E-state index in [9.17, 15) is 15.3 Å². The molecule has 0 saturated carbocycles. The molecule has 148 valence electrons. The zero-order valence-corrected chi connectivity index (χ0v) is 15.8. The number of aliphatic imine (C=N–C) groups is 1. The maximum atomic E-state index is 10.3. The van der Waals surface area contributed by atoms with Gasteiger partial charge in [0.2, 0.25) is 0 Å². The second-order valence-corrected chi connectivity index (χ2v) is 6.89. The van der Waals surface area contributed by atoms with Crippen LogP contribution >= 0.6 is 0 Å². The summed E-state index contributed by atoms with van der Waals surface area (Å²) < 4.78 is 5.79. The zero-order chi connectivity index (χ0) is 20.1. The Morgan fingerprint density at radius 2 is 1.93 bits per heavy atom. The standard InChI is InChI=1S/C22H26N2O4/c1-24-10-9-19(23)15-7-5-14(6-8-15)16-3-2-4-17(11-16)22-21(27)20(26)12-18(13-25)28-22/h2-11,18,20-22,25-27H,12-13,23H2,1H3/b19-9-,24-10?/t18?,20?,21?,22-/m1/s1. The Bertz CT molecular complexity index is 848. The van der Waals surface area contributed by atoms with E-state index in [0.717, 1.165) is 22.3 Å². The van der Waals surface area contributed by atoms with Crippen molar-refractivity contribution in [3.8, 4) is 11.1 Å². The average molecular weight is 382 g/mol. The molecule has 0 radical (unpaired) electrons. The van der Waals surface area contributed by atoms with Gasteiger partial charge >= 0.3 is 0 Å². The molecule has 0 aliphatic carbocycles. The molecule has 1 saturated heterocycles. The molecule has 2 aromatic rings. The van der Waals surface area contributed by atoms with Gasteiger partial charge in [0.15, 0.2) is 0 Å². The van der Waals surface area contributed by atoms with Crippen molar-refractivity contribution in [1.82, 2.24) is 0 Å². The van der Waals surface area contributed by atoms with E-state index >= 15 is 0 Å². The van der Waals surface area contributed by atoms with Gasteiger partial charge in [-0.3, -0.25) is 4.99 Å². The van der Waals surface area contributed by atoms with Crippen LogP contribution in [0.3, 0.4) is 0 Å². The first-order chi connectivity index (χ1) is 13.5. The number of rotatable bonds is 5. The van der Waals surface area contributed by atoms with Crippen molar-refractivity contribution in [2.45, 2.75) is 30.8 Å². The Hall–Kier alpha value is -2.51. The number of allylic oxidation sites excluding steroid dienone is 1. The van der Waals surface area contributed by atoms with Crippen LogP contribution in [0.4, 0.5) is 0 Å². The number of aliphatic hydroxyl groups is 3. The van der Waals surface area contributed by atoms with E-state index in [1.165, 1.54) is 0 Å². The van der Waals surface area contributed by atoms with Crippen LogP contribution < -0.4 is 5.73 Å². The third kappa shape index (κ3) is 4.48. The first kappa shape index (κ1) is 20.2. The number of aliphatic hydroxyl groups excluding tert-OH is 3. The molecule has 0 aromatic heterocycles. The summed E-state index contributed by atoms with van der Waals surface area (Å²) >= 11 is 0. The van der Waals surface area contributed by atoms with Crippen molar-refractivity contribution < 1.29 is 20.1 Å². The minimum atomic E-state index is -1.04. The van der Waals surface area contributed by atoms with Gasteiger partial charge in [-0.1, -0.05) is 42.5 Å². The average Bonchev–Trinajstić information content (AvgIpc) is 2.74. The lowest BCUT2D eigenvalue weighted by molar-refractivity contribution is -0.179. The van der Waals surface area contributed by atoms with Crippen LogP contribution in [0, 0.1) is 0 Å². The summed E-state index contributed by atoms with van der Waals surface area (Å²) in [4.78, 5) is 3.90. The summed E-state index contributed by atoms with van der Waals surface area (Å²) in [6, 6.07) is 15.5. The molecule has 2 aromatic carbocycles. The SMILES string of the molecule is CN=C/C=C(\N)c1ccc(-c2cccc([C@H]3OC(CO)CC(O)C3O)c2)cc1. The van der Waals surface area contributed by atoms with E-state index < -0.39 is 24.4 Å². The molecule has 1 heterocycles. The highest BCUT2D eigenvalue weighted by atomic mass is 16.5. The maximum Gasteiger partial charge on any atom is 0.111 e. The van der Waals surface area contributed by atoms with Crippen LogP contribution in [-0.4, -0.2) is 53.5 Å². The fourth-order valence-corrected chi connectivity index (χ4v) is 3.35.